The van der Waals surface area contributed by atoms with Crippen molar-refractivity contribution < 1.29 is 19.1 Å². The van der Waals surface area contributed by atoms with Crippen LogP contribution in [0.1, 0.15) is 42.3 Å². The van der Waals surface area contributed by atoms with Crippen molar-refractivity contribution in [3.63, 3.8) is 0 Å². The second kappa shape index (κ2) is 8.30. The number of carbonyl (C=O) groups is 2. The van der Waals surface area contributed by atoms with E-state index in [2.05, 4.69) is 15.9 Å². The minimum atomic E-state index is -0.490. The largest absolute Gasteiger partial charge is 0.489 e. The molecular formula is C20H21BrO4. The lowest BCUT2D eigenvalue weighted by Gasteiger charge is -2.19. The molecule has 0 aliphatic heterocycles. The Bertz CT molecular complexity index is 763. The minimum absolute atomic E-state index is 0.221. The Morgan fingerprint density at radius 3 is 2.52 bits per heavy atom. The van der Waals surface area contributed by atoms with Crippen LogP contribution in [0.25, 0.3) is 0 Å². The molecule has 0 spiro atoms. The predicted molar refractivity (Wildman–Crippen MR) is 99.9 cm³/mol. The summed E-state index contributed by atoms with van der Waals surface area (Å²) in [6, 6.07) is 12.9. The van der Waals surface area contributed by atoms with Crippen molar-refractivity contribution in [2.75, 3.05) is 0 Å². The molecule has 0 atom stereocenters. The SMILES string of the molecule is CC(C)(C)OC(=O)Cc1cccc(COc2ccc(Br)c(C=O)c2)c1. The summed E-state index contributed by atoms with van der Waals surface area (Å²) >= 11 is 3.31. The van der Waals surface area contributed by atoms with Crippen molar-refractivity contribution in [1.82, 2.24) is 0 Å². The Hall–Kier alpha value is -2.14. The summed E-state index contributed by atoms with van der Waals surface area (Å²) in [5.41, 5.74) is 1.86. The van der Waals surface area contributed by atoms with Gasteiger partial charge in [0.1, 0.15) is 18.0 Å². The predicted octanol–water partition coefficient (Wildman–Crippen LogP) is 4.72. The molecule has 0 amide bonds. The number of ether oxygens (including phenoxy) is 2. The highest BCUT2D eigenvalue weighted by Crippen LogP contribution is 2.22. The highest BCUT2D eigenvalue weighted by atomic mass is 79.9. The van der Waals surface area contributed by atoms with E-state index in [1.807, 2.05) is 45.0 Å². The Kier molecular flexibility index (Phi) is 6.37. The lowest BCUT2D eigenvalue weighted by atomic mass is 10.1. The average molecular weight is 405 g/mol. The van der Waals surface area contributed by atoms with Gasteiger partial charge in [-0.2, -0.15) is 0 Å². The van der Waals surface area contributed by atoms with Gasteiger partial charge in [-0.05, 0) is 50.1 Å². The van der Waals surface area contributed by atoms with Crippen LogP contribution < -0.4 is 4.74 Å². The first kappa shape index (κ1) is 19.2. The molecule has 4 nitrogen and oxygen atoms in total. The van der Waals surface area contributed by atoms with E-state index in [1.165, 1.54) is 0 Å². The van der Waals surface area contributed by atoms with Gasteiger partial charge in [-0.1, -0.05) is 40.2 Å². The molecule has 2 rings (SSSR count). The van der Waals surface area contributed by atoms with Gasteiger partial charge in [0.05, 0.1) is 6.42 Å². The van der Waals surface area contributed by atoms with Crippen LogP contribution in [0.5, 0.6) is 5.75 Å². The fourth-order valence-electron chi connectivity index (χ4n) is 2.24. The van der Waals surface area contributed by atoms with Gasteiger partial charge in [-0.25, -0.2) is 0 Å². The van der Waals surface area contributed by atoms with Crippen LogP contribution in [0.4, 0.5) is 0 Å². The topological polar surface area (TPSA) is 52.6 Å². The van der Waals surface area contributed by atoms with E-state index < -0.39 is 5.60 Å². The Labute approximate surface area is 156 Å². The van der Waals surface area contributed by atoms with Gasteiger partial charge >= 0.3 is 5.97 Å². The van der Waals surface area contributed by atoms with E-state index >= 15 is 0 Å². The van der Waals surface area contributed by atoms with Gasteiger partial charge in [0.25, 0.3) is 0 Å². The summed E-state index contributed by atoms with van der Waals surface area (Å²) in [6.45, 7) is 5.89. The smallest absolute Gasteiger partial charge is 0.310 e. The molecule has 0 saturated carbocycles. The van der Waals surface area contributed by atoms with Crippen molar-refractivity contribution >= 4 is 28.2 Å². The molecule has 0 aliphatic rings. The van der Waals surface area contributed by atoms with Crippen molar-refractivity contribution in [3.8, 4) is 5.75 Å². The maximum atomic E-state index is 11.9. The Morgan fingerprint density at radius 1 is 1.12 bits per heavy atom. The van der Waals surface area contributed by atoms with E-state index in [0.29, 0.717) is 17.9 Å². The first-order valence-corrected chi connectivity index (χ1v) is 8.73. The number of rotatable bonds is 6. The van der Waals surface area contributed by atoms with Crippen LogP contribution in [-0.2, 0) is 22.6 Å². The first-order chi connectivity index (χ1) is 11.8. The number of carbonyl (C=O) groups excluding carboxylic acids is 2. The van der Waals surface area contributed by atoms with E-state index in [1.54, 1.807) is 18.2 Å². The van der Waals surface area contributed by atoms with Crippen molar-refractivity contribution in [3.05, 3.63) is 63.6 Å². The van der Waals surface area contributed by atoms with Crippen LogP contribution in [-0.4, -0.2) is 17.9 Å². The molecule has 0 bridgehead atoms. The summed E-state index contributed by atoms with van der Waals surface area (Å²) in [5.74, 6) is 0.358. The van der Waals surface area contributed by atoms with Crippen LogP contribution >= 0.6 is 15.9 Å². The summed E-state index contributed by atoms with van der Waals surface area (Å²) in [6.07, 6.45) is 0.997. The summed E-state index contributed by atoms with van der Waals surface area (Å²) in [7, 11) is 0. The normalized spacial score (nSPS) is 11.0. The van der Waals surface area contributed by atoms with Gasteiger partial charge in [-0.3, -0.25) is 9.59 Å². The number of halogens is 1. The van der Waals surface area contributed by atoms with Gasteiger partial charge in [0.15, 0.2) is 6.29 Å². The standard InChI is InChI=1S/C20H21BrO4/c1-20(2,3)25-19(23)10-14-5-4-6-15(9-14)13-24-17-7-8-18(21)16(11-17)12-22/h4-9,11-12H,10,13H2,1-3H3. The maximum absolute atomic E-state index is 11.9. The van der Waals surface area contributed by atoms with Crippen molar-refractivity contribution in [2.24, 2.45) is 0 Å². The molecule has 132 valence electrons. The molecule has 0 saturated heterocycles. The molecular weight excluding hydrogens is 384 g/mol. The van der Waals surface area contributed by atoms with Gasteiger partial charge < -0.3 is 9.47 Å². The lowest BCUT2D eigenvalue weighted by Crippen LogP contribution is -2.24. The molecule has 0 radical (unpaired) electrons. The van der Waals surface area contributed by atoms with Gasteiger partial charge in [0, 0.05) is 10.0 Å². The zero-order chi connectivity index (χ0) is 18.4. The van der Waals surface area contributed by atoms with Crippen molar-refractivity contribution in [1.29, 1.82) is 0 Å². The second-order valence-electron chi connectivity index (χ2n) is 6.67. The molecule has 0 fully saturated rings. The van der Waals surface area contributed by atoms with E-state index in [-0.39, 0.29) is 12.4 Å². The molecule has 0 aliphatic carbocycles. The molecule has 2 aromatic rings. The highest BCUT2D eigenvalue weighted by Gasteiger charge is 2.16. The van der Waals surface area contributed by atoms with Gasteiger partial charge in [0.2, 0.25) is 0 Å². The van der Waals surface area contributed by atoms with E-state index in [4.69, 9.17) is 9.47 Å². The number of hydrogen-bond donors (Lipinski definition) is 0. The third kappa shape index (κ3) is 6.35. The van der Waals surface area contributed by atoms with Crippen LogP contribution in [0.3, 0.4) is 0 Å². The fraction of sp³-hybridized carbons (Fsp3) is 0.300. The van der Waals surface area contributed by atoms with Crippen LogP contribution in [0.15, 0.2) is 46.9 Å². The lowest BCUT2D eigenvalue weighted by molar-refractivity contribution is -0.153. The zero-order valence-electron chi connectivity index (χ0n) is 14.5. The number of hydrogen-bond acceptors (Lipinski definition) is 4. The number of aldehydes is 1. The number of benzene rings is 2. The molecule has 0 heterocycles. The monoisotopic (exact) mass is 404 g/mol. The quantitative estimate of drug-likeness (QED) is 0.515. The van der Waals surface area contributed by atoms with E-state index in [0.717, 1.165) is 21.9 Å². The van der Waals surface area contributed by atoms with Gasteiger partial charge in [-0.15, -0.1) is 0 Å². The molecule has 2 aromatic carbocycles. The second-order valence-corrected chi connectivity index (χ2v) is 7.53. The Morgan fingerprint density at radius 2 is 1.84 bits per heavy atom. The van der Waals surface area contributed by atoms with Crippen LogP contribution in [0.2, 0.25) is 0 Å². The third-order valence-corrected chi connectivity index (χ3v) is 3.98. The summed E-state index contributed by atoms with van der Waals surface area (Å²) < 4.78 is 11.8. The zero-order valence-corrected chi connectivity index (χ0v) is 16.1. The molecule has 0 aromatic heterocycles. The summed E-state index contributed by atoms with van der Waals surface area (Å²) in [5, 5.41) is 0. The van der Waals surface area contributed by atoms with Crippen molar-refractivity contribution in [2.45, 2.75) is 39.4 Å². The minimum Gasteiger partial charge on any atom is -0.489 e. The maximum Gasteiger partial charge on any atom is 0.310 e. The average Bonchev–Trinajstić information content (AvgIpc) is 2.52. The fourth-order valence-corrected chi connectivity index (χ4v) is 2.58. The number of esters is 1. The summed E-state index contributed by atoms with van der Waals surface area (Å²) in [4.78, 5) is 22.9. The Balaban J connectivity index is 1.99. The highest BCUT2D eigenvalue weighted by molar-refractivity contribution is 9.10. The van der Waals surface area contributed by atoms with Crippen LogP contribution in [0, 0.1) is 0 Å². The molecule has 25 heavy (non-hydrogen) atoms. The third-order valence-electron chi connectivity index (χ3n) is 3.26. The molecule has 0 N–H and O–H groups in total. The first-order valence-electron chi connectivity index (χ1n) is 7.94. The van der Waals surface area contributed by atoms with E-state index in [9.17, 15) is 9.59 Å². The molecule has 0 unspecified atom stereocenters. The molecule has 5 heteroatoms.